The second-order valence-corrected chi connectivity index (χ2v) is 12.4. The first kappa shape index (κ1) is 33.5. The summed E-state index contributed by atoms with van der Waals surface area (Å²) in [6, 6.07) is 9.26. The molecule has 0 fully saturated rings. The summed E-state index contributed by atoms with van der Waals surface area (Å²) >= 11 is 11.7. The number of benzene rings is 2. The molecule has 0 spiro atoms. The quantitative estimate of drug-likeness (QED) is 0.216. The van der Waals surface area contributed by atoms with Crippen LogP contribution in [0, 0.1) is 11.6 Å². The number of halogens is 4. The minimum atomic E-state index is -0.354. The number of hydrogen-bond donors (Lipinski definition) is 2. The molecule has 4 aromatic rings. The first-order chi connectivity index (χ1) is 22.2. The number of pyridine rings is 2. The van der Waals surface area contributed by atoms with Gasteiger partial charge in [-0.2, -0.15) is 0 Å². The monoisotopic (exact) mass is 664 g/mol. The molecule has 6 nitrogen and oxygen atoms in total. The Hall–Kier alpha value is -3.88. The lowest BCUT2D eigenvalue weighted by atomic mass is 9.84. The molecule has 0 bridgehead atoms. The number of hydrogen-bond acceptors (Lipinski definition) is 4. The summed E-state index contributed by atoms with van der Waals surface area (Å²) in [6.07, 6.45) is 13.2. The molecule has 46 heavy (non-hydrogen) atoms. The average molecular weight is 666 g/mol. The molecule has 10 heteroatoms. The van der Waals surface area contributed by atoms with E-state index < -0.39 is 0 Å². The van der Waals surface area contributed by atoms with Gasteiger partial charge < -0.3 is 10.6 Å². The Morgan fingerprint density at radius 1 is 0.696 bits per heavy atom. The van der Waals surface area contributed by atoms with Crippen molar-refractivity contribution in [2.45, 2.75) is 77.3 Å². The predicted molar refractivity (Wildman–Crippen MR) is 178 cm³/mol. The number of nitrogens with zero attached hydrogens (tertiary/aromatic N) is 2. The molecular formula is C36H36Cl2F2N4O2. The van der Waals surface area contributed by atoms with Crippen molar-refractivity contribution in [3.8, 4) is 22.3 Å². The van der Waals surface area contributed by atoms with Gasteiger partial charge in [-0.25, -0.2) is 8.78 Å². The molecule has 6 rings (SSSR count). The van der Waals surface area contributed by atoms with Crippen molar-refractivity contribution in [3.63, 3.8) is 0 Å². The van der Waals surface area contributed by atoms with Crippen molar-refractivity contribution in [2.75, 3.05) is 0 Å². The first-order valence-electron chi connectivity index (χ1n) is 15.6. The SMILES string of the molecule is CCC(=O)NC1CCCc2c(-c3ccc(Cl)cc3F)cncc21.CCC(=O)NC1CCCc2c(-c3ccc(Cl)cc3F)cncc21. The number of fused-ring (bicyclic) bond motifs is 2. The van der Waals surface area contributed by atoms with E-state index in [1.165, 1.54) is 12.1 Å². The minimum Gasteiger partial charge on any atom is -0.349 e. The average Bonchev–Trinajstić information content (AvgIpc) is 3.05. The van der Waals surface area contributed by atoms with E-state index in [0.717, 1.165) is 71.9 Å². The maximum atomic E-state index is 14.3. The molecule has 2 atom stereocenters. The van der Waals surface area contributed by atoms with Crippen LogP contribution >= 0.6 is 23.2 Å². The fourth-order valence-electron chi connectivity index (χ4n) is 6.22. The Bertz CT molecular complexity index is 1620. The van der Waals surface area contributed by atoms with Gasteiger partial charge in [0, 0.05) is 69.9 Å². The molecule has 2 N–H and O–H groups in total. The summed E-state index contributed by atoms with van der Waals surface area (Å²) in [5.41, 5.74) is 6.68. The van der Waals surface area contributed by atoms with Crippen molar-refractivity contribution in [1.29, 1.82) is 0 Å². The zero-order chi connectivity index (χ0) is 32.8. The van der Waals surface area contributed by atoms with Crippen LogP contribution in [0.15, 0.2) is 61.2 Å². The van der Waals surface area contributed by atoms with Crippen molar-refractivity contribution in [2.24, 2.45) is 0 Å². The van der Waals surface area contributed by atoms with Crippen LogP contribution in [0.2, 0.25) is 10.0 Å². The van der Waals surface area contributed by atoms with Crippen molar-refractivity contribution in [1.82, 2.24) is 20.6 Å². The summed E-state index contributed by atoms with van der Waals surface area (Å²) in [4.78, 5) is 32.0. The van der Waals surface area contributed by atoms with Crippen LogP contribution in [0.5, 0.6) is 0 Å². The normalized spacial score (nSPS) is 16.7. The van der Waals surface area contributed by atoms with Gasteiger partial charge in [0.15, 0.2) is 0 Å². The van der Waals surface area contributed by atoms with Crippen LogP contribution in [0.1, 0.15) is 86.7 Å². The molecule has 2 aromatic heterocycles. The van der Waals surface area contributed by atoms with E-state index in [1.54, 1.807) is 49.1 Å². The number of aromatic nitrogens is 2. The van der Waals surface area contributed by atoms with Gasteiger partial charge >= 0.3 is 0 Å². The fraction of sp³-hybridized carbons (Fsp3) is 0.333. The Balaban J connectivity index is 0.000000181. The van der Waals surface area contributed by atoms with E-state index in [-0.39, 0.29) is 35.5 Å². The van der Waals surface area contributed by atoms with E-state index in [4.69, 9.17) is 23.2 Å². The highest BCUT2D eigenvalue weighted by Crippen LogP contribution is 2.38. The van der Waals surface area contributed by atoms with E-state index in [2.05, 4.69) is 20.6 Å². The van der Waals surface area contributed by atoms with Crippen LogP contribution < -0.4 is 10.6 Å². The van der Waals surface area contributed by atoms with Gasteiger partial charge in [0.1, 0.15) is 11.6 Å². The fourth-order valence-corrected chi connectivity index (χ4v) is 6.53. The number of nitrogens with one attached hydrogen (secondary N) is 2. The lowest BCUT2D eigenvalue weighted by Crippen LogP contribution is -2.30. The third-order valence-corrected chi connectivity index (χ3v) is 9.00. The maximum absolute atomic E-state index is 14.3. The van der Waals surface area contributed by atoms with Gasteiger partial charge in [-0.1, -0.05) is 37.0 Å². The lowest BCUT2D eigenvalue weighted by Gasteiger charge is -2.27. The van der Waals surface area contributed by atoms with Crippen LogP contribution in [0.25, 0.3) is 22.3 Å². The third kappa shape index (κ3) is 7.56. The van der Waals surface area contributed by atoms with Gasteiger partial charge in [0.2, 0.25) is 11.8 Å². The number of rotatable bonds is 6. The molecular weight excluding hydrogens is 629 g/mol. The standard InChI is InChI=1S/2C18H18ClFN2O/c2*1-2-18(23)22-17-5-3-4-12-14(9-21-10-15(12)17)13-7-6-11(19)8-16(13)20/h2*6-10,17H,2-5H2,1H3,(H,22,23). The van der Waals surface area contributed by atoms with Gasteiger partial charge in [0.25, 0.3) is 0 Å². The molecule has 0 aliphatic heterocycles. The largest absolute Gasteiger partial charge is 0.349 e. The first-order valence-corrected chi connectivity index (χ1v) is 16.4. The molecule has 0 saturated heterocycles. The highest BCUT2D eigenvalue weighted by atomic mass is 35.5. The minimum absolute atomic E-state index is 0.0194. The highest BCUT2D eigenvalue weighted by molar-refractivity contribution is 6.31. The number of carbonyl (C=O) groups excluding carboxylic acids is 2. The van der Waals surface area contributed by atoms with Crippen LogP contribution in [-0.4, -0.2) is 21.8 Å². The number of carbonyl (C=O) groups is 2. The van der Waals surface area contributed by atoms with E-state index in [0.29, 0.717) is 34.0 Å². The zero-order valence-electron chi connectivity index (χ0n) is 25.8. The third-order valence-electron chi connectivity index (χ3n) is 8.53. The number of amides is 2. The zero-order valence-corrected chi connectivity index (χ0v) is 27.3. The Morgan fingerprint density at radius 2 is 1.11 bits per heavy atom. The molecule has 0 saturated carbocycles. The highest BCUT2D eigenvalue weighted by Gasteiger charge is 2.26. The molecule has 2 aliphatic rings. The van der Waals surface area contributed by atoms with Crippen LogP contribution in [0.3, 0.4) is 0 Å². The Kier molecular flexibility index (Phi) is 11.0. The van der Waals surface area contributed by atoms with Gasteiger partial charge in [-0.15, -0.1) is 0 Å². The van der Waals surface area contributed by atoms with Crippen LogP contribution in [-0.2, 0) is 22.4 Å². The Labute approximate surface area is 278 Å². The molecule has 2 aliphatic carbocycles. The lowest BCUT2D eigenvalue weighted by molar-refractivity contribution is -0.122. The molecule has 0 radical (unpaired) electrons. The predicted octanol–water partition coefficient (Wildman–Crippen LogP) is 8.89. The Morgan fingerprint density at radius 3 is 1.48 bits per heavy atom. The smallest absolute Gasteiger partial charge is 0.220 e. The van der Waals surface area contributed by atoms with E-state index >= 15 is 0 Å². The van der Waals surface area contributed by atoms with E-state index in [9.17, 15) is 18.4 Å². The van der Waals surface area contributed by atoms with Crippen molar-refractivity contribution < 1.29 is 18.4 Å². The second-order valence-electron chi connectivity index (χ2n) is 11.5. The molecule has 2 amide bonds. The summed E-state index contributed by atoms with van der Waals surface area (Å²) in [5.74, 6) is -0.670. The van der Waals surface area contributed by atoms with Gasteiger partial charge in [0.05, 0.1) is 12.1 Å². The summed E-state index contributed by atoms with van der Waals surface area (Å²) in [6.45, 7) is 3.66. The molecule has 2 heterocycles. The van der Waals surface area contributed by atoms with Gasteiger partial charge in [-0.05, 0) is 97.2 Å². The molecule has 2 aromatic carbocycles. The second kappa shape index (κ2) is 15.1. The van der Waals surface area contributed by atoms with Gasteiger partial charge in [-0.3, -0.25) is 19.6 Å². The molecule has 240 valence electrons. The summed E-state index contributed by atoms with van der Waals surface area (Å²) < 4.78 is 28.6. The van der Waals surface area contributed by atoms with Crippen molar-refractivity contribution in [3.05, 3.63) is 105 Å². The summed E-state index contributed by atoms with van der Waals surface area (Å²) in [5, 5.41) is 6.81. The summed E-state index contributed by atoms with van der Waals surface area (Å²) in [7, 11) is 0. The molecule has 2 unspecified atom stereocenters. The topological polar surface area (TPSA) is 84.0 Å². The van der Waals surface area contributed by atoms with E-state index in [1.807, 2.05) is 13.8 Å². The maximum Gasteiger partial charge on any atom is 0.220 e. The van der Waals surface area contributed by atoms with Crippen molar-refractivity contribution >= 4 is 35.0 Å². The van der Waals surface area contributed by atoms with Crippen LogP contribution in [0.4, 0.5) is 8.78 Å².